The molecule has 12 aromatic rings. The fraction of sp³-hybridized carbons (Fsp3) is 0.213. The molecule has 2 aliphatic rings. The zero-order valence-electron chi connectivity index (χ0n) is 40.5. The van der Waals surface area contributed by atoms with Crippen molar-refractivity contribution in [3.8, 4) is 16.8 Å². The van der Waals surface area contributed by atoms with E-state index in [-0.39, 0.29) is 38.1 Å². The van der Waals surface area contributed by atoms with Crippen molar-refractivity contribution >= 4 is 87.8 Å². The van der Waals surface area contributed by atoms with E-state index in [0.717, 1.165) is 72.5 Å². The lowest BCUT2D eigenvalue weighted by Gasteiger charge is -2.30. The molecule has 4 aromatic heterocycles. The van der Waals surface area contributed by atoms with Crippen LogP contribution in [0.2, 0.25) is 0 Å². The van der Waals surface area contributed by atoms with Gasteiger partial charge in [0.1, 0.15) is 0 Å². The van der Waals surface area contributed by atoms with Crippen LogP contribution in [0.5, 0.6) is 0 Å². The minimum Gasteiger partial charge on any atom is -0.449 e. The average molecular weight is 935 g/mol. The first-order chi connectivity index (χ1) is 33.9. The second-order valence-electron chi connectivity index (χ2n) is 21.7. The molecule has 2 aliphatic carbocycles. The third kappa shape index (κ3) is 5.42. The first-order valence-corrected chi connectivity index (χ1v) is 24.1. The Hall–Kier alpha value is -8.24. The minimum atomic E-state index is -0.444. The highest BCUT2D eigenvalue weighted by atomic mass is 16.4. The Morgan fingerprint density at radius 2 is 0.761 bits per heavy atom. The second kappa shape index (κ2) is 13.5. The van der Waals surface area contributed by atoms with Gasteiger partial charge >= 0.3 is 0 Å². The van der Waals surface area contributed by atoms with Crippen molar-refractivity contribution < 1.29 is 17.7 Å². The van der Waals surface area contributed by atoms with Gasteiger partial charge < -0.3 is 17.7 Å². The van der Waals surface area contributed by atoms with Crippen molar-refractivity contribution in [2.45, 2.75) is 77.6 Å². The molecule has 1 unspecified atom stereocenters. The maximum atomic E-state index is 14.7. The Morgan fingerprint density at radius 1 is 0.408 bits per heavy atom. The fourth-order valence-corrected chi connectivity index (χ4v) is 13.2. The highest BCUT2D eigenvalue weighted by Gasteiger charge is 2.57. The van der Waals surface area contributed by atoms with Gasteiger partial charge in [0.15, 0.2) is 44.7 Å². The Bertz CT molecular complexity index is 4740. The van der Waals surface area contributed by atoms with E-state index in [0.29, 0.717) is 55.7 Å². The third-order valence-corrected chi connectivity index (χ3v) is 16.4. The highest BCUT2D eigenvalue weighted by molar-refractivity contribution is 6.09. The molecule has 0 amide bonds. The zero-order valence-corrected chi connectivity index (χ0v) is 40.5. The van der Waals surface area contributed by atoms with E-state index in [1.807, 2.05) is 25.1 Å². The molecule has 71 heavy (non-hydrogen) atoms. The quantitative estimate of drug-likeness (QED) is 0.157. The fourth-order valence-electron chi connectivity index (χ4n) is 13.2. The van der Waals surface area contributed by atoms with Gasteiger partial charge in [-0.15, -0.1) is 0 Å². The summed E-state index contributed by atoms with van der Waals surface area (Å²) in [6.45, 7) is 15.3. The molecule has 0 aliphatic heterocycles. The Kier molecular flexibility index (Phi) is 7.95. The molecule has 8 aromatic carbocycles. The molecule has 0 N–H and O–H groups in total. The van der Waals surface area contributed by atoms with Crippen LogP contribution in [0, 0.1) is 20.8 Å². The maximum absolute atomic E-state index is 14.7. The van der Waals surface area contributed by atoms with Crippen molar-refractivity contribution in [3.63, 3.8) is 0 Å². The zero-order chi connectivity index (χ0) is 48.9. The van der Waals surface area contributed by atoms with E-state index in [2.05, 4.69) is 108 Å². The van der Waals surface area contributed by atoms with Crippen LogP contribution in [0.4, 0.5) is 0 Å². The molecule has 0 fully saturated rings. The number of rotatable bonds is 2. The smallest absolute Gasteiger partial charge is 0.266 e. The van der Waals surface area contributed by atoms with Gasteiger partial charge in [-0.1, -0.05) is 82.3 Å². The summed E-state index contributed by atoms with van der Waals surface area (Å²) in [5.41, 5.74) is 11.5. The van der Waals surface area contributed by atoms with Crippen LogP contribution in [-0.2, 0) is 23.3 Å². The summed E-state index contributed by atoms with van der Waals surface area (Å²) in [4.78, 5) is 55.2. The highest BCUT2D eigenvalue weighted by Crippen LogP contribution is 2.63. The number of aromatic nitrogens is 2. The van der Waals surface area contributed by atoms with E-state index < -0.39 is 16.5 Å². The summed E-state index contributed by atoms with van der Waals surface area (Å²) in [7, 11) is 1.47. The standard InChI is InChI=1S/C61H46N2O8/c1-29-17-36(33-14-10-9-13-32(33)31(29)3)37-18-30(2)54(35-16-12-11-15-34(35)37)63-57(66)40-21-48-49(22-41(40)58(63)67)71-53-26-45-43(24-51(53)69-48)60(6,7)28-61(45)27-59(4,5)42-23-50-52(25-44(42)61)70-47-20-39-38(19-46(47)68-50)55(64)62(8)56(39)65/h9-26H,27-28H2,1-8H3. The number of hydrogen-bond donors (Lipinski definition) is 0. The lowest BCUT2D eigenvalue weighted by molar-refractivity contribution is 0.349. The predicted octanol–water partition coefficient (Wildman–Crippen LogP) is 13.1. The molecular formula is C61H46N2O8. The van der Waals surface area contributed by atoms with Gasteiger partial charge in [-0.2, -0.15) is 0 Å². The normalized spacial score (nSPS) is 17.1. The van der Waals surface area contributed by atoms with E-state index >= 15 is 0 Å². The van der Waals surface area contributed by atoms with Crippen molar-refractivity contribution in [2.24, 2.45) is 7.05 Å². The van der Waals surface area contributed by atoms with E-state index in [1.54, 1.807) is 24.3 Å². The number of aryl methyl sites for hydroxylation is 3. The number of hydrogen-bond acceptors (Lipinski definition) is 8. The molecule has 10 nitrogen and oxygen atoms in total. The minimum absolute atomic E-state index is 0.250. The third-order valence-electron chi connectivity index (χ3n) is 16.4. The topological polar surface area (TPSA) is 131 Å². The van der Waals surface area contributed by atoms with E-state index in [4.69, 9.17) is 17.7 Å². The second-order valence-corrected chi connectivity index (χ2v) is 21.7. The Balaban J connectivity index is 0.930. The molecule has 0 saturated heterocycles. The van der Waals surface area contributed by atoms with Gasteiger partial charge in [-0.05, 0) is 165 Å². The summed E-state index contributed by atoms with van der Waals surface area (Å²) in [5.74, 6) is 0. The number of benzene rings is 8. The van der Waals surface area contributed by atoms with Crippen molar-refractivity contribution in [2.75, 3.05) is 0 Å². The first-order valence-electron chi connectivity index (χ1n) is 24.1. The summed E-state index contributed by atoms with van der Waals surface area (Å²) in [6.07, 6.45) is 1.61. The molecule has 4 heterocycles. The van der Waals surface area contributed by atoms with E-state index in [9.17, 15) is 19.2 Å². The SMILES string of the molecule is Cc1cc(-c2cc(C)c(-n3c(=O)c4cc5oc6cc7c(cc6oc5cc4c3=O)C3(CC(C)(C)c4cc5oc6cc8c(=O)n(C)c(=O)c8cc6oc5cc43)CC7(C)C)c3ccccc23)c2ccccc2c1C. The molecule has 348 valence electrons. The van der Waals surface area contributed by atoms with Gasteiger partial charge in [0.2, 0.25) is 0 Å². The van der Waals surface area contributed by atoms with Crippen LogP contribution in [0.1, 0.15) is 79.5 Å². The van der Waals surface area contributed by atoms with Crippen LogP contribution in [-0.4, -0.2) is 9.13 Å². The summed E-state index contributed by atoms with van der Waals surface area (Å²) >= 11 is 0. The van der Waals surface area contributed by atoms with Crippen LogP contribution < -0.4 is 22.2 Å². The molecule has 10 heteroatoms. The Labute approximate surface area is 403 Å². The van der Waals surface area contributed by atoms with E-state index in [1.165, 1.54) is 28.1 Å². The molecular weight excluding hydrogens is 889 g/mol. The van der Waals surface area contributed by atoms with Gasteiger partial charge in [0.05, 0.1) is 27.2 Å². The Morgan fingerprint density at radius 3 is 1.21 bits per heavy atom. The number of fused-ring (bicyclic) bond motifs is 12. The predicted molar refractivity (Wildman–Crippen MR) is 281 cm³/mol. The van der Waals surface area contributed by atoms with Crippen molar-refractivity contribution in [1.29, 1.82) is 0 Å². The van der Waals surface area contributed by atoms with Gasteiger partial charge in [-0.25, -0.2) is 4.57 Å². The summed E-state index contributed by atoms with van der Waals surface area (Å²) < 4.78 is 28.9. The summed E-state index contributed by atoms with van der Waals surface area (Å²) in [6, 6.07) is 35.6. The molecule has 0 saturated carbocycles. The molecule has 14 rings (SSSR count). The van der Waals surface area contributed by atoms with Crippen LogP contribution >= 0.6 is 0 Å². The average Bonchev–Trinajstić information content (AvgIpc) is 3.90. The largest absolute Gasteiger partial charge is 0.449 e. The lowest BCUT2D eigenvalue weighted by Crippen LogP contribution is -2.26. The maximum Gasteiger partial charge on any atom is 0.266 e. The number of nitrogens with zero attached hydrogens (tertiary/aromatic N) is 2. The molecule has 1 spiro atoms. The lowest BCUT2D eigenvalue weighted by atomic mass is 9.72. The van der Waals surface area contributed by atoms with Gasteiger partial charge in [0, 0.05) is 17.8 Å². The molecule has 0 radical (unpaired) electrons. The monoisotopic (exact) mass is 934 g/mol. The van der Waals surface area contributed by atoms with Gasteiger partial charge in [-0.3, -0.25) is 23.7 Å². The van der Waals surface area contributed by atoms with Crippen LogP contribution in [0.3, 0.4) is 0 Å². The van der Waals surface area contributed by atoms with Gasteiger partial charge in [0.25, 0.3) is 22.2 Å². The van der Waals surface area contributed by atoms with Crippen LogP contribution in [0.15, 0.2) is 146 Å². The van der Waals surface area contributed by atoms with Crippen LogP contribution in [0.25, 0.3) is 105 Å². The van der Waals surface area contributed by atoms with Crippen molar-refractivity contribution in [3.05, 3.63) is 190 Å². The molecule has 0 bridgehead atoms. The summed E-state index contributed by atoms with van der Waals surface area (Å²) in [5, 5.41) is 5.18. The van der Waals surface area contributed by atoms with Crippen molar-refractivity contribution in [1.82, 2.24) is 9.13 Å². The molecule has 1 atom stereocenters. The first kappa shape index (κ1) is 41.7.